The van der Waals surface area contributed by atoms with E-state index in [1.807, 2.05) is 31.0 Å². The standard InChI is InChI=1S/C53H74N12O8S2/c1-35-27-46-57-48(68)43-14-12-41(63(4)75(72,73)26-24-67)31-45(43)65-22-18-53(37(34-65)10-6-8-20-55-51(60-46)61(35)2)32-38(53)28-39-29-47-58-49(69)42-13-11-40(62(3)74(70,71)25-23-66)30-44(42)64-21-17-52(15-16-52)36(33-64)9-5-7-19-54-50(56-39)59-47/h11-14,27,29-31,35-38,66-67H,5-10,15-26,28,32-34H2,1-4H3,(H,55,60)(H,57,68)(H2,54,56,58,59,69)/t35?,36-,37+,38?,53?/m1/s1. The lowest BCUT2D eigenvalue weighted by Gasteiger charge is -2.42. The first kappa shape index (κ1) is 52.7. The maximum absolute atomic E-state index is 14.6. The Bertz CT molecular complexity index is 2970. The zero-order valence-corrected chi connectivity index (χ0v) is 45.4. The van der Waals surface area contributed by atoms with Crippen molar-refractivity contribution in [2.45, 2.75) is 90.0 Å². The number of benzene rings is 2. The predicted molar refractivity (Wildman–Crippen MR) is 292 cm³/mol. The molecule has 8 bridgehead atoms. The van der Waals surface area contributed by atoms with Crippen molar-refractivity contribution in [3.05, 3.63) is 71.2 Å². The fourth-order valence-corrected chi connectivity index (χ4v) is 14.6. The van der Waals surface area contributed by atoms with Gasteiger partial charge in [-0.3, -0.25) is 23.2 Å². The molecule has 3 aromatic rings. The minimum Gasteiger partial charge on any atom is -0.395 e. The number of fused-ring (bicyclic) bond motifs is 14. The molecule has 2 aliphatic carbocycles. The number of anilines is 6. The normalized spacial score (nSPS) is 25.8. The molecule has 6 heterocycles. The highest BCUT2D eigenvalue weighted by atomic mass is 32.2. The van der Waals surface area contributed by atoms with Crippen molar-refractivity contribution >= 4 is 72.3 Å². The molecule has 10 rings (SSSR count). The smallest absolute Gasteiger partial charge is 0.258 e. The molecule has 5 atom stereocenters. The van der Waals surface area contributed by atoms with E-state index >= 15 is 0 Å². The van der Waals surface area contributed by atoms with E-state index in [4.69, 9.17) is 15.0 Å². The van der Waals surface area contributed by atoms with Crippen molar-refractivity contribution < 1.29 is 36.6 Å². The fraction of sp³-hybridized carbons (Fsp3) is 0.604. The summed E-state index contributed by atoms with van der Waals surface area (Å²) in [6.45, 7) is 5.16. The van der Waals surface area contributed by atoms with E-state index < -0.39 is 44.8 Å². The molecule has 22 heteroatoms. The lowest BCUT2D eigenvalue weighted by molar-refractivity contribution is 0.0962. The molecule has 2 aromatic carbocycles. The van der Waals surface area contributed by atoms with Crippen LogP contribution in [0.3, 0.4) is 0 Å². The minimum atomic E-state index is -3.84. The zero-order valence-electron chi connectivity index (χ0n) is 43.7. The largest absolute Gasteiger partial charge is 0.395 e. The predicted octanol–water partition coefficient (Wildman–Crippen LogP) is 4.56. The number of nitrogens with one attached hydrogen (secondary N) is 4. The van der Waals surface area contributed by atoms with Crippen LogP contribution in [0.1, 0.15) is 104 Å². The van der Waals surface area contributed by atoms with Crippen LogP contribution in [0.5, 0.6) is 0 Å². The van der Waals surface area contributed by atoms with Crippen LogP contribution in [0, 0.1) is 28.6 Å². The van der Waals surface area contributed by atoms with Gasteiger partial charge < -0.3 is 46.2 Å². The summed E-state index contributed by atoms with van der Waals surface area (Å²) in [6.07, 6.45) is 13.6. The van der Waals surface area contributed by atoms with Crippen molar-refractivity contribution in [1.29, 1.82) is 0 Å². The summed E-state index contributed by atoms with van der Waals surface area (Å²) in [5.74, 6) is 1.46. The van der Waals surface area contributed by atoms with Crippen molar-refractivity contribution in [2.24, 2.45) is 33.6 Å². The first-order valence-corrected chi connectivity index (χ1v) is 30.1. The maximum atomic E-state index is 14.6. The van der Waals surface area contributed by atoms with Crippen LogP contribution < -0.4 is 39.7 Å². The molecular weight excluding hydrogens is 997 g/mol. The Labute approximate surface area is 441 Å². The Hall–Kier alpha value is -5.71. The second-order valence-corrected chi connectivity index (χ2v) is 26.3. The van der Waals surface area contributed by atoms with E-state index in [9.17, 15) is 36.6 Å². The number of nitrogens with zero attached hydrogens (tertiary/aromatic N) is 8. The van der Waals surface area contributed by atoms with Crippen LogP contribution in [0.15, 0.2) is 59.4 Å². The third-order valence-electron chi connectivity index (χ3n) is 17.7. The highest BCUT2D eigenvalue weighted by molar-refractivity contribution is 7.93. The number of carbonyl (C=O) groups excluding carboxylic acids is 2. The highest BCUT2D eigenvalue weighted by Crippen LogP contribution is 2.64. The molecule has 2 saturated heterocycles. The van der Waals surface area contributed by atoms with Gasteiger partial charge >= 0.3 is 0 Å². The quantitative estimate of drug-likeness (QED) is 0.163. The number of hydrogen-bond acceptors (Lipinski definition) is 16. The van der Waals surface area contributed by atoms with E-state index in [1.165, 1.54) is 35.5 Å². The molecule has 4 fully saturated rings. The molecule has 7 aliphatic rings. The summed E-state index contributed by atoms with van der Waals surface area (Å²) in [5, 5.41) is 32.2. The lowest BCUT2D eigenvalue weighted by Crippen LogP contribution is -2.50. The first-order valence-electron chi connectivity index (χ1n) is 26.9. The number of sulfonamides is 2. The second kappa shape index (κ2) is 21.0. The van der Waals surface area contributed by atoms with Crippen LogP contribution in [-0.4, -0.2) is 151 Å². The summed E-state index contributed by atoms with van der Waals surface area (Å²) >= 11 is 0. The molecule has 5 aliphatic heterocycles. The van der Waals surface area contributed by atoms with Crippen molar-refractivity contribution in [1.82, 2.24) is 25.5 Å². The zero-order chi connectivity index (χ0) is 52.9. The van der Waals surface area contributed by atoms with Gasteiger partial charge in [0.05, 0.1) is 64.6 Å². The fourth-order valence-electron chi connectivity index (χ4n) is 12.7. The molecule has 75 heavy (non-hydrogen) atoms. The Morgan fingerprint density at radius 3 is 2.01 bits per heavy atom. The Morgan fingerprint density at radius 1 is 0.747 bits per heavy atom. The number of hydrogen-bond donors (Lipinski definition) is 6. The molecular formula is C53H74N12O8S2. The number of rotatable bonds is 10. The number of aliphatic imine (C=N–C) groups is 1. The van der Waals surface area contributed by atoms with Gasteiger partial charge in [-0.25, -0.2) is 21.8 Å². The lowest BCUT2D eigenvalue weighted by atomic mass is 9.76. The van der Waals surface area contributed by atoms with Gasteiger partial charge in [-0.15, -0.1) is 0 Å². The summed E-state index contributed by atoms with van der Waals surface area (Å²) in [6, 6.07) is 12.1. The van der Waals surface area contributed by atoms with Gasteiger partial charge in [0.25, 0.3) is 11.8 Å². The molecule has 406 valence electrons. The number of carbonyl (C=O) groups is 2. The number of likely N-dealkylation sites (N-methyl/N-ethyl adjacent to an activating group) is 1. The topological polar surface area (TPSA) is 245 Å². The van der Waals surface area contributed by atoms with Gasteiger partial charge in [0.1, 0.15) is 11.6 Å². The van der Waals surface area contributed by atoms with Gasteiger partial charge in [-0.2, -0.15) is 4.98 Å². The second-order valence-electron chi connectivity index (χ2n) is 22.1. The molecule has 6 N–H and O–H groups in total. The number of piperidine rings is 2. The van der Waals surface area contributed by atoms with Crippen molar-refractivity contribution in [3.8, 4) is 0 Å². The number of guanidine groups is 1. The van der Waals surface area contributed by atoms with Crippen molar-refractivity contribution in [2.75, 3.05) is 114 Å². The highest BCUT2D eigenvalue weighted by Gasteiger charge is 2.59. The Kier molecular flexibility index (Phi) is 14.8. The van der Waals surface area contributed by atoms with E-state index in [0.717, 1.165) is 76.6 Å². The number of aromatic nitrogens is 2. The van der Waals surface area contributed by atoms with E-state index in [1.54, 1.807) is 36.4 Å². The van der Waals surface area contributed by atoms with Crippen LogP contribution in [0.4, 0.5) is 34.5 Å². The average molecular weight is 1070 g/mol. The van der Waals surface area contributed by atoms with Crippen LogP contribution in [0.25, 0.3) is 0 Å². The summed E-state index contributed by atoms with van der Waals surface area (Å²) < 4.78 is 55.1. The number of aliphatic hydroxyl groups is 2. The summed E-state index contributed by atoms with van der Waals surface area (Å²) in [4.78, 5) is 50.4. The molecule has 3 unspecified atom stereocenters. The van der Waals surface area contributed by atoms with Crippen LogP contribution in [-0.2, 0) is 26.5 Å². The molecule has 1 aromatic heterocycles. The summed E-state index contributed by atoms with van der Waals surface area (Å²) in [5.41, 5.74) is 4.09. The minimum absolute atomic E-state index is 0.0208. The molecule has 2 spiro atoms. The van der Waals surface area contributed by atoms with Crippen LogP contribution >= 0.6 is 0 Å². The first-order chi connectivity index (χ1) is 35.9. The third-order valence-corrected chi connectivity index (χ3v) is 21.1. The van der Waals surface area contributed by atoms with Gasteiger partial charge in [-0.1, -0.05) is 12.8 Å². The van der Waals surface area contributed by atoms with Gasteiger partial charge in [0.2, 0.25) is 26.0 Å². The Balaban J connectivity index is 0.941. The molecule has 2 amide bonds. The van der Waals surface area contributed by atoms with E-state index in [2.05, 4.69) is 31.1 Å². The third kappa shape index (κ3) is 10.9. The van der Waals surface area contributed by atoms with Gasteiger partial charge in [0, 0.05) is 72.2 Å². The van der Waals surface area contributed by atoms with E-state index in [-0.39, 0.29) is 35.1 Å². The SMILES string of the molecule is CC1C=C2NC(=O)c3ccc(N(C)S(=O)(=O)CCO)cc3N3CCC4(CC4Cc4cc5nc(n4)NCCCC[C@@H]4CN(CCC46CC6)c4cc(N(C)S(=O)(=O)CCO)ccc4C(=O)N5)[C@@H](CCCCN=C(N2)N1C)C3. The molecule has 0 radical (unpaired) electrons. The van der Waals surface area contributed by atoms with E-state index in [0.29, 0.717) is 101 Å². The maximum Gasteiger partial charge on any atom is 0.258 e. The molecule has 20 nitrogen and oxygen atoms in total. The number of aliphatic hydroxyl groups excluding tert-OH is 2. The summed E-state index contributed by atoms with van der Waals surface area (Å²) in [7, 11) is -2.72. The monoisotopic (exact) mass is 1070 g/mol. The van der Waals surface area contributed by atoms with Gasteiger partial charge in [0.15, 0.2) is 5.96 Å². The average Bonchev–Trinajstić information content (AvgIpc) is 4.31. The van der Waals surface area contributed by atoms with Gasteiger partial charge in [-0.05, 0) is 142 Å². The molecule has 2 saturated carbocycles. The van der Waals surface area contributed by atoms with Crippen molar-refractivity contribution in [3.63, 3.8) is 0 Å². The Morgan fingerprint density at radius 2 is 1.36 bits per heavy atom. The van der Waals surface area contributed by atoms with Crippen LogP contribution in [0.2, 0.25) is 0 Å². The number of amides is 2.